The molecular formula is C22H32N6O2. The van der Waals surface area contributed by atoms with Gasteiger partial charge in [0.15, 0.2) is 5.65 Å². The summed E-state index contributed by atoms with van der Waals surface area (Å²) < 4.78 is 1.84. The molecule has 2 aromatic rings. The predicted octanol–water partition coefficient (Wildman–Crippen LogP) is 2.92. The number of amides is 2. The molecule has 8 nitrogen and oxygen atoms in total. The Hall–Kier alpha value is -2.64. The van der Waals surface area contributed by atoms with Crippen LogP contribution >= 0.6 is 0 Å². The summed E-state index contributed by atoms with van der Waals surface area (Å²) in [5.41, 5.74) is 7.59. The van der Waals surface area contributed by atoms with Crippen LogP contribution in [0.4, 0.5) is 5.69 Å². The lowest BCUT2D eigenvalue weighted by Gasteiger charge is -2.30. The number of carbonyl (C=O) groups is 2. The molecule has 2 atom stereocenters. The van der Waals surface area contributed by atoms with Crippen LogP contribution in [0.5, 0.6) is 0 Å². The molecule has 0 radical (unpaired) electrons. The van der Waals surface area contributed by atoms with Crippen LogP contribution in [0.15, 0.2) is 12.4 Å². The highest BCUT2D eigenvalue weighted by atomic mass is 16.2. The second-order valence-corrected chi connectivity index (χ2v) is 8.63. The van der Waals surface area contributed by atoms with E-state index in [1.54, 1.807) is 17.3 Å². The molecule has 162 valence electrons. The van der Waals surface area contributed by atoms with E-state index in [2.05, 4.69) is 22.3 Å². The molecule has 2 aliphatic rings. The fraction of sp³-hybridized carbons (Fsp3) is 0.636. The Labute approximate surface area is 177 Å². The number of fused-ring (bicyclic) bond motifs is 1. The van der Waals surface area contributed by atoms with Crippen LogP contribution in [0.2, 0.25) is 0 Å². The van der Waals surface area contributed by atoms with Crippen molar-refractivity contribution in [1.29, 1.82) is 0 Å². The molecule has 1 aliphatic heterocycles. The standard InChI is InChI=1S/C22H32N6O2/c1-3-28-21-16(13-25-28)19(26-14(2)15-8-5-4-6-9-15)17(12-24-21)22(30)27-11-7-10-18(27)20(23)29/h12-15,18H,3-11H2,1-2H3,(H2,23,29)(H,24,26)/t14-,18-/m0/s1. The summed E-state index contributed by atoms with van der Waals surface area (Å²) in [6, 6.07) is -0.312. The third kappa shape index (κ3) is 3.75. The highest BCUT2D eigenvalue weighted by Gasteiger charge is 2.35. The summed E-state index contributed by atoms with van der Waals surface area (Å²) in [6.07, 6.45) is 11.0. The van der Waals surface area contributed by atoms with E-state index >= 15 is 0 Å². The topological polar surface area (TPSA) is 106 Å². The van der Waals surface area contributed by atoms with E-state index in [1.165, 1.54) is 32.1 Å². The lowest BCUT2D eigenvalue weighted by atomic mass is 9.84. The Balaban J connectivity index is 1.72. The van der Waals surface area contributed by atoms with Crippen molar-refractivity contribution < 1.29 is 9.59 Å². The smallest absolute Gasteiger partial charge is 0.258 e. The quantitative estimate of drug-likeness (QED) is 0.759. The van der Waals surface area contributed by atoms with E-state index in [0.717, 1.165) is 23.1 Å². The van der Waals surface area contributed by atoms with Gasteiger partial charge < -0.3 is 16.0 Å². The predicted molar refractivity (Wildman–Crippen MR) is 116 cm³/mol. The number of nitrogens with zero attached hydrogens (tertiary/aromatic N) is 4. The van der Waals surface area contributed by atoms with E-state index in [9.17, 15) is 9.59 Å². The molecule has 1 saturated carbocycles. The van der Waals surface area contributed by atoms with Crippen LogP contribution in [0.3, 0.4) is 0 Å². The normalized spacial score (nSPS) is 21.1. The fourth-order valence-corrected chi connectivity index (χ4v) is 5.02. The lowest BCUT2D eigenvalue weighted by Crippen LogP contribution is -2.44. The number of carbonyl (C=O) groups excluding carboxylic acids is 2. The third-order valence-corrected chi connectivity index (χ3v) is 6.77. The molecule has 1 aliphatic carbocycles. The van der Waals surface area contributed by atoms with Gasteiger partial charge in [-0.3, -0.25) is 9.59 Å². The van der Waals surface area contributed by atoms with Crippen LogP contribution in [0.1, 0.15) is 69.2 Å². The molecule has 8 heteroatoms. The number of hydrogen-bond acceptors (Lipinski definition) is 5. The molecule has 2 amide bonds. The first kappa shape index (κ1) is 20.6. The average Bonchev–Trinajstić information content (AvgIpc) is 3.41. The van der Waals surface area contributed by atoms with E-state index in [-0.39, 0.29) is 11.9 Å². The van der Waals surface area contributed by atoms with Gasteiger partial charge in [-0.2, -0.15) is 5.10 Å². The minimum absolute atomic E-state index is 0.187. The number of pyridine rings is 1. The van der Waals surface area contributed by atoms with Crippen molar-refractivity contribution >= 4 is 28.5 Å². The molecule has 0 unspecified atom stereocenters. The number of hydrogen-bond donors (Lipinski definition) is 2. The number of aryl methyl sites for hydroxylation is 1. The first-order valence-electron chi connectivity index (χ1n) is 11.2. The van der Waals surface area contributed by atoms with Crippen molar-refractivity contribution in [2.24, 2.45) is 11.7 Å². The number of primary amides is 1. The van der Waals surface area contributed by atoms with Gasteiger partial charge in [0, 0.05) is 25.3 Å². The molecule has 0 bridgehead atoms. The van der Waals surface area contributed by atoms with Crippen LogP contribution in [-0.4, -0.2) is 50.1 Å². The highest BCUT2D eigenvalue weighted by molar-refractivity contribution is 6.07. The Morgan fingerprint density at radius 3 is 2.67 bits per heavy atom. The van der Waals surface area contributed by atoms with Crippen LogP contribution in [0.25, 0.3) is 11.0 Å². The zero-order valence-corrected chi connectivity index (χ0v) is 17.9. The Bertz CT molecular complexity index is 933. The van der Waals surface area contributed by atoms with Gasteiger partial charge in [-0.25, -0.2) is 9.67 Å². The molecule has 3 N–H and O–H groups in total. The number of nitrogens with two attached hydrogens (primary N) is 1. The van der Waals surface area contributed by atoms with Crippen LogP contribution in [-0.2, 0) is 11.3 Å². The summed E-state index contributed by atoms with van der Waals surface area (Å²) in [5, 5.41) is 8.95. The van der Waals surface area contributed by atoms with Crippen molar-refractivity contribution in [1.82, 2.24) is 19.7 Å². The Morgan fingerprint density at radius 1 is 1.20 bits per heavy atom. The van der Waals surface area contributed by atoms with E-state index < -0.39 is 11.9 Å². The van der Waals surface area contributed by atoms with Crippen molar-refractivity contribution in [2.75, 3.05) is 11.9 Å². The average molecular weight is 413 g/mol. The number of nitrogens with one attached hydrogen (secondary N) is 1. The number of aromatic nitrogens is 3. The van der Waals surface area contributed by atoms with Gasteiger partial charge in [0.05, 0.1) is 22.8 Å². The molecule has 3 heterocycles. The molecule has 0 spiro atoms. The maximum atomic E-state index is 13.5. The second-order valence-electron chi connectivity index (χ2n) is 8.63. The largest absolute Gasteiger partial charge is 0.381 e. The molecule has 4 rings (SSSR count). The van der Waals surface area contributed by atoms with Gasteiger partial charge >= 0.3 is 0 Å². The van der Waals surface area contributed by atoms with Gasteiger partial charge in [0.2, 0.25) is 5.91 Å². The maximum Gasteiger partial charge on any atom is 0.258 e. The fourth-order valence-electron chi connectivity index (χ4n) is 5.02. The zero-order valence-electron chi connectivity index (χ0n) is 17.9. The SMILES string of the molecule is CCn1ncc2c(N[C@@H](C)C3CCCCC3)c(C(=O)N3CCC[C@H]3C(N)=O)cnc21. The lowest BCUT2D eigenvalue weighted by molar-refractivity contribution is -0.121. The monoisotopic (exact) mass is 412 g/mol. The van der Waals surface area contributed by atoms with E-state index in [1.807, 2.05) is 11.6 Å². The maximum absolute atomic E-state index is 13.5. The van der Waals surface area contributed by atoms with Gasteiger partial charge in [0.25, 0.3) is 5.91 Å². The van der Waals surface area contributed by atoms with E-state index in [0.29, 0.717) is 31.0 Å². The second kappa shape index (κ2) is 8.62. The summed E-state index contributed by atoms with van der Waals surface area (Å²) in [7, 11) is 0. The number of rotatable bonds is 6. The van der Waals surface area contributed by atoms with Crippen molar-refractivity contribution in [2.45, 2.75) is 77.4 Å². The molecule has 2 aromatic heterocycles. The highest BCUT2D eigenvalue weighted by Crippen LogP contribution is 2.33. The first-order chi connectivity index (χ1) is 14.5. The molecule has 0 aromatic carbocycles. The Morgan fingerprint density at radius 2 is 1.97 bits per heavy atom. The number of likely N-dealkylation sites (tertiary alicyclic amines) is 1. The third-order valence-electron chi connectivity index (χ3n) is 6.77. The molecule has 2 fully saturated rings. The molecular weight excluding hydrogens is 380 g/mol. The van der Waals surface area contributed by atoms with Crippen molar-refractivity contribution in [3.05, 3.63) is 18.0 Å². The summed E-state index contributed by atoms with van der Waals surface area (Å²) in [6.45, 7) is 5.46. The minimum Gasteiger partial charge on any atom is -0.381 e. The molecule has 1 saturated heterocycles. The van der Waals surface area contributed by atoms with E-state index in [4.69, 9.17) is 5.73 Å². The minimum atomic E-state index is -0.546. The summed E-state index contributed by atoms with van der Waals surface area (Å²) in [5.74, 6) is -0.0524. The van der Waals surface area contributed by atoms with Gasteiger partial charge in [-0.1, -0.05) is 19.3 Å². The number of anilines is 1. The van der Waals surface area contributed by atoms with Gasteiger partial charge in [0.1, 0.15) is 6.04 Å². The van der Waals surface area contributed by atoms with Crippen molar-refractivity contribution in [3.8, 4) is 0 Å². The zero-order chi connectivity index (χ0) is 21.3. The van der Waals surface area contributed by atoms with Crippen LogP contribution < -0.4 is 11.1 Å². The van der Waals surface area contributed by atoms with Crippen molar-refractivity contribution in [3.63, 3.8) is 0 Å². The Kier molecular flexibility index (Phi) is 5.92. The van der Waals surface area contributed by atoms with Crippen LogP contribution in [0, 0.1) is 5.92 Å². The first-order valence-corrected chi connectivity index (χ1v) is 11.2. The van der Waals surface area contributed by atoms with Gasteiger partial charge in [-0.15, -0.1) is 0 Å². The summed E-state index contributed by atoms with van der Waals surface area (Å²) in [4.78, 5) is 31.5. The summed E-state index contributed by atoms with van der Waals surface area (Å²) >= 11 is 0. The molecule has 30 heavy (non-hydrogen) atoms. The van der Waals surface area contributed by atoms with Gasteiger partial charge in [-0.05, 0) is 45.4 Å².